The molecule has 0 saturated carbocycles. The Morgan fingerprint density at radius 3 is 3.07 bits per heavy atom. The van der Waals surface area contributed by atoms with Crippen molar-refractivity contribution in [3.8, 4) is 0 Å². The molecule has 1 aromatic rings. The van der Waals surface area contributed by atoms with Crippen molar-refractivity contribution in [2.75, 3.05) is 11.5 Å². The lowest BCUT2D eigenvalue weighted by atomic mass is 10.2. The number of carbonyl (C=O) groups is 1. The van der Waals surface area contributed by atoms with E-state index in [0.717, 1.165) is 0 Å². The van der Waals surface area contributed by atoms with E-state index in [4.69, 9.17) is 17.3 Å². The molecule has 0 aliphatic rings. The normalized spacial score (nSPS) is 10.8. The Bertz CT molecular complexity index is 395. The Hall–Kier alpha value is -1.07. The zero-order valence-corrected chi connectivity index (χ0v) is 9.68. The number of anilines is 1. The number of rotatable bonds is 3. The number of hydrogen-bond donors (Lipinski definition) is 1. The van der Waals surface area contributed by atoms with Crippen LogP contribution in [0.15, 0.2) is 12.1 Å². The van der Waals surface area contributed by atoms with E-state index in [0.29, 0.717) is 22.3 Å². The van der Waals surface area contributed by atoms with Crippen molar-refractivity contribution in [2.24, 2.45) is 0 Å². The fraction of sp³-hybridized carbons (Fsp3) is 0.222. The van der Waals surface area contributed by atoms with Gasteiger partial charge in [-0.25, -0.2) is 0 Å². The van der Waals surface area contributed by atoms with E-state index in [9.17, 15) is 4.79 Å². The lowest BCUT2D eigenvalue weighted by molar-refractivity contribution is -0.109. The van der Waals surface area contributed by atoms with Gasteiger partial charge in [-0.05, 0) is 6.07 Å². The van der Waals surface area contributed by atoms with Crippen molar-refractivity contribution in [1.29, 1.82) is 0 Å². The molecule has 2 N–H and O–H groups in total. The van der Waals surface area contributed by atoms with Gasteiger partial charge < -0.3 is 5.73 Å². The molecule has 0 aliphatic carbocycles. The maximum absolute atomic E-state index is 10.6. The maximum Gasteiger partial charge on any atom is 0.186 e. The van der Waals surface area contributed by atoms with Gasteiger partial charge in [0.25, 0.3) is 0 Å². The summed E-state index contributed by atoms with van der Waals surface area (Å²) in [5, 5.41) is 7.63. The van der Waals surface area contributed by atoms with Crippen molar-refractivity contribution < 1.29 is 4.79 Å². The average molecular weight is 244 g/mol. The van der Waals surface area contributed by atoms with Crippen molar-refractivity contribution in [2.45, 2.75) is 6.92 Å². The fourth-order valence-electron chi connectivity index (χ4n) is 0.865. The summed E-state index contributed by atoms with van der Waals surface area (Å²) in [6, 6.07) is 1.62. The van der Waals surface area contributed by atoms with Crippen LogP contribution in [0.25, 0.3) is 6.08 Å². The molecule has 4 nitrogen and oxygen atoms in total. The van der Waals surface area contributed by atoms with Crippen LogP contribution in [0.1, 0.15) is 12.5 Å². The quantitative estimate of drug-likeness (QED) is 0.880. The third-order valence-electron chi connectivity index (χ3n) is 1.50. The van der Waals surface area contributed by atoms with E-state index in [1.165, 1.54) is 18.7 Å². The van der Waals surface area contributed by atoms with Gasteiger partial charge in [-0.2, -0.15) is 0 Å². The molecule has 80 valence electrons. The number of carbonyl (C=O) groups excluding carboxylic acids is 1. The summed E-state index contributed by atoms with van der Waals surface area (Å²) >= 11 is 6.88. The van der Waals surface area contributed by atoms with E-state index in [-0.39, 0.29) is 5.12 Å². The molecule has 0 atom stereocenters. The second-order valence-electron chi connectivity index (χ2n) is 2.71. The second-order valence-corrected chi connectivity index (χ2v) is 4.30. The molecule has 0 spiro atoms. The van der Waals surface area contributed by atoms with Gasteiger partial charge in [0.05, 0.1) is 0 Å². The molecule has 1 aromatic heterocycles. The van der Waals surface area contributed by atoms with E-state index in [2.05, 4.69) is 10.2 Å². The molecule has 0 aliphatic heterocycles. The molecule has 0 unspecified atom stereocenters. The topological polar surface area (TPSA) is 68.9 Å². The molecule has 1 heterocycles. The van der Waals surface area contributed by atoms with Gasteiger partial charge in [0, 0.05) is 18.2 Å². The number of hydrogen-bond acceptors (Lipinski definition) is 5. The highest BCUT2D eigenvalue weighted by Gasteiger charge is 1.98. The molecule has 0 saturated heterocycles. The molecule has 0 radical (unpaired) electrons. The third-order valence-corrected chi connectivity index (χ3v) is 2.45. The standard InChI is InChI=1S/C9H10ClN3OS/c1-6(14)15-4-2-3-7-5-8(10)12-13-9(7)11/h2-3,5H,4H2,1H3,(H2,11,13). The van der Waals surface area contributed by atoms with Crippen LogP contribution < -0.4 is 5.73 Å². The second kappa shape index (κ2) is 5.72. The summed E-state index contributed by atoms with van der Waals surface area (Å²) in [7, 11) is 0. The third kappa shape index (κ3) is 4.31. The summed E-state index contributed by atoms with van der Waals surface area (Å²) in [5.74, 6) is 0.929. The molecule has 0 bridgehead atoms. The summed E-state index contributed by atoms with van der Waals surface area (Å²) in [5.41, 5.74) is 6.28. The maximum atomic E-state index is 10.6. The van der Waals surface area contributed by atoms with Crippen LogP contribution in [-0.4, -0.2) is 21.1 Å². The van der Waals surface area contributed by atoms with E-state index >= 15 is 0 Å². The Kier molecular flexibility index (Phi) is 4.58. The van der Waals surface area contributed by atoms with Crippen LogP contribution in [-0.2, 0) is 4.79 Å². The zero-order chi connectivity index (χ0) is 11.3. The lowest BCUT2D eigenvalue weighted by Crippen LogP contribution is -1.96. The van der Waals surface area contributed by atoms with Crippen LogP contribution in [0, 0.1) is 0 Å². The fourth-order valence-corrected chi connectivity index (χ4v) is 1.45. The first-order chi connectivity index (χ1) is 7.09. The van der Waals surface area contributed by atoms with Crippen molar-refractivity contribution in [3.63, 3.8) is 0 Å². The average Bonchev–Trinajstić information content (AvgIpc) is 2.17. The van der Waals surface area contributed by atoms with Gasteiger partial charge in [-0.15, -0.1) is 10.2 Å². The molecule has 0 fully saturated rings. The lowest BCUT2D eigenvalue weighted by Gasteiger charge is -1.97. The van der Waals surface area contributed by atoms with Gasteiger partial charge >= 0.3 is 0 Å². The van der Waals surface area contributed by atoms with Gasteiger partial charge in [-0.3, -0.25) is 4.79 Å². The monoisotopic (exact) mass is 243 g/mol. The first-order valence-corrected chi connectivity index (χ1v) is 5.54. The Morgan fingerprint density at radius 2 is 2.40 bits per heavy atom. The number of nitrogens with zero attached hydrogens (tertiary/aromatic N) is 2. The number of nitrogens with two attached hydrogens (primary N) is 1. The van der Waals surface area contributed by atoms with Crippen LogP contribution in [0.4, 0.5) is 5.82 Å². The first-order valence-electron chi connectivity index (χ1n) is 4.18. The molecular formula is C9H10ClN3OS. The number of nitrogen functional groups attached to an aromatic ring is 1. The van der Waals surface area contributed by atoms with Crippen LogP contribution >= 0.6 is 23.4 Å². The van der Waals surface area contributed by atoms with E-state index in [1.54, 1.807) is 12.1 Å². The molecule has 1 rings (SSSR count). The highest BCUT2D eigenvalue weighted by atomic mass is 35.5. The minimum Gasteiger partial charge on any atom is -0.382 e. The SMILES string of the molecule is CC(=O)SCC=Cc1cc(Cl)nnc1N. The molecule has 0 amide bonds. The van der Waals surface area contributed by atoms with Crippen molar-refractivity contribution in [3.05, 3.63) is 22.9 Å². The molecule has 6 heteroatoms. The summed E-state index contributed by atoms with van der Waals surface area (Å²) in [4.78, 5) is 10.6. The Balaban J connectivity index is 2.63. The van der Waals surface area contributed by atoms with Gasteiger partial charge in [0.1, 0.15) is 0 Å². The minimum atomic E-state index is 0.0820. The number of halogens is 1. The molecule has 0 aromatic carbocycles. The van der Waals surface area contributed by atoms with E-state index in [1.807, 2.05) is 6.08 Å². The summed E-state index contributed by atoms with van der Waals surface area (Å²) in [6.07, 6.45) is 3.60. The van der Waals surface area contributed by atoms with Crippen molar-refractivity contribution >= 4 is 40.4 Å². The van der Waals surface area contributed by atoms with Gasteiger partial charge in [0.2, 0.25) is 0 Å². The minimum absolute atomic E-state index is 0.0820. The van der Waals surface area contributed by atoms with Crippen LogP contribution in [0.2, 0.25) is 5.15 Å². The smallest absolute Gasteiger partial charge is 0.186 e. The largest absolute Gasteiger partial charge is 0.382 e. The van der Waals surface area contributed by atoms with Crippen LogP contribution in [0.5, 0.6) is 0 Å². The number of aromatic nitrogens is 2. The van der Waals surface area contributed by atoms with E-state index < -0.39 is 0 Å². The van der Waals surface area contributed by atoms with Gasteiger partial charge in [0.15, 0.2) is 16.1 Å². The predicted molar refractivity (Wildman–Crippen MR) is 63.6 cm³/mol. The van der Waals surface area contributed by atoms with Gasteiger partial charge in [-0.1, -0.05) is 35.5 Å². The first kappa shape index (κ1) is 12.0. The zero-order valence-electron chi connectivity index (χ0n) is 8.11. The summed E-state index contributed by atoms with van der Waals surface area (Å²) in [6.45, 7) is 1.53. The summed E-state index contributed by atoms with van der Waals surface area (Å²) < 4.78 is 0. The molecular weight excluding hydrogens is 234 g/mol. The Morgan fingerprint density at radius 1 is 1.67 bits per heavy atom. The molecule has 15 heavy (non-hydrogen) atoms. The highest BCUT2D eigenvalue weighted by Crippen LogP contribution is 2.14. The number of thioether (sulfide) groups is 1. The highest BCUT2D eigenvalue weighted by molar-refractivity contribution is 8.13. The van der Waals surface area contributed by atoms with Crippen molar-refractivity contribution in [1.82, 2.24) is 10.2 Å². The predicted octanol–water partition coefficient (Wildman–Crippen LogP) is 2.01. The van der Waals surface area contributed by atoms with Crippen LogP contribution in [0.3, 0.4) is 0 Å². The Labute approximate surface area is 96.9 Å².